The molecule has 13 heavy (non-hydrogen) atoms. The fraction of sp³-hybridized carbons (Fsp3) is 0.111. The quantitative estimate of drug-likeness (QED) is 0.428. The number of para-hydroxylation sites is 1. The summed E-state index contributed by atoms with van der Waals surface area (Å²) < 4.78 is 16.2. The zero-order valence-corrected chi connectivity index (χ0v) is 7.69. The van der Waals surface area contributed by atoms with Crippen molar-refractivity contribution in [2.75, 3.05) is 6.16 Å². The van der Waals surface area contributed by atoms with Crippen LogP contribution >= 0.6 is 8.03 Å². The van der Waals surface area contributed by atoms with Gasteiger partial charge in [-0.3, -0.25) is 4.57 Å². The Kier molecular flexibility index (Phi) is 7.39. The predicted octanol–water partition coefficient (Wildman–Crippen LogP) is 2.08. The average molecular weight is 206 g/mol. The Bertz CT molecular complexity index is 274. The summed E-state index contributed by atoms with van der Waals surface area (Å²) in [5.41, 5.74) is 0. The zero-order chi connectivity index (χ0) is 8.81. The first-order valence-corrected chi connectivity index (χ1v) is 5.22. The summed E-state index contributed by atoms with van der Waals surface area (Å²) in [7, 11) is -1.96. The van der Waals surface area contributed by atoms with E-state index in [0.717, 1.165) is 0 Å². The molecular weight excluding hydrogens is 194 g/mol. The van der Waals surface area contributed by atoms with E-state index in [0.29, 0.717) is 11.9 Å². The Morgan fingerprint density at radius 1 is 1.38 bits per heavy atom. The third kappa shape index (κ3) is 5.33. The SMILES string of the molecule is C=CC[PH](=O)Oc1ccccc1.[NaH]. The van der Waals surface area contributed by atoms with E-state index < -0.39 is 8.03 Å². The van der Waals surface area contributed by atoms with Gasteiger partial charge in [0.2, 0.25) is 8.03 Å². The maximum absolute atomic E-state index is 11.1. The van der Waals surface area contributed by atoms with Crippen LogP contribution in [-0.4, -0.2) is 35.7 Å². The van der Waals surface area contributed by atoms with Crippen molar-refractivity contribution in [3.8, 4) is 5.75 Å². The van der Waals surface area contributed by atoms with Gasteiger partial charge in [0.25, 0.3) is 0 Å². The zero-order valence-electron chi connectivity index (χ0n) is 6.69. The van der Waals surface area contributed by atoms with Crippen molar-refractivity contribution in [2.45, 2.75) is 0 Å². The van der Waals surface area contributed by atoms with Crippen molar-refractivity contribution in [1.82, 2.24) is 0 Å². The molecular formula is C9H12NaO2P. The number of rotatable bonds is 4. The standard InChI is InChI=1S/C9H11O2P.Na.H/c1-2-8-12(10)11-9-6-4-3-5-7-9;;/h2-7,12H,1,8H2;;. The van der Waals surface area contributed by atoms with Gasteiger partial charge < -0.3 is 4.52 Å². The third-order valence-electron chi connectivity index (χ3n) is 1.29. The van der Waals surface area contributed by atoms with E-state index in [1.807, 2.05) is 18.2 Å². The van der Waals surface area contributed by atoms with Crippen LogP contribution in [0.4, 0.5) is 0 Å². The normalized spacial score (nSPS) is 11.1. The Morgan fingerprint density at radius 3 is 2.54 bits per heavy atom. The van der Waals surface area contributed by atoms with Gasteiger partial charge in [-0.25, -0.2) is 0 Å². The molecule has 0 aromatic heterocycles. The van der Waals surface area contributed by atoms with Crippen LogP contribution in [0.1, 0.15) is 0 Å². The molecule has 0 aliphatic rings. The van der Waals surface area contributed by atoms with Crippen molar-refractivity contribution in [3.63, 3.8) is 0 Å². The summed E-state index contributed by atoms with van der Waals surface area (Å²) >= 11 is 0. The molecule has 0 saturated heterocycles. The molecule has 1 rings (SSSR count). The molecule has 0 aliphatic heterocycles. The second-order valence-corrected chi connectivity index (χ2v) is 3.64. The summed E-state index contributed by atoms with van der Waals surface area (Å²) in [6.07, 6.45) is 2.03. The van der Waals surface area contributed by atoms with Crippen molar-refractivity contribution < 1.29 is 9.09 Å². The van der Waals surface area contributed by atoms with Gasteiger partial charge in [-0.2, -0.15) is 0 Å². The first-order valence-electron chi connectivity index (χ1n) is 3.69. The number of hydrogen-bond donors (Lipinski definition) is 0. The summed E-state index contributed by atoms with van der Waals surface area (Å²) in [5.74, 6) is 0.656. The second kappa shape index (κ2) is 7.40. The molecule has 1 aromatic carbocycles. The first kappa shape index (κ1) is 13.0. The second-order valence-electron chi connectivity index (χ2n) is 2.28. The van der Waals surface area contributed by atoms with Crippen LogP contribution in [0.25, 0.3) is 0 Å². The first-order chi connectivity index (χ1) is 5.83. The molecule has 0 N–H and O–H groups in total. The van der Waals surface area contributed by atoms with E-state index in [4.69, 9.17) is 4.52 Å². The van der Waals surface area contributed by atoms with E-state index in [1.165, 1.54) is 0 Å². The molecule has 1 atom stereocenters. The fourth-order valence-electron chi connectivity index (χ4n) is 0.780. The molecule has 1 aromatic rings. The van der Waals surface area contributed by atoms with Crippen LogP contribution in [0.3, 0.4) is 0 Å². The van der Waals surface area contributed by atoms with Crippen LogP contribution in [0.2, 0.25) is 0 Å². The minimum absolute atomic E-state index is 0. The van der Waals surface area contributed by atoms with Crippen LogP contribution in [0, 0.1) is 0 Å². The molecule has 66 valence electrons. The molecule has 0 heterocycles. The van der Waals surface area contributed by atoms with Gasteiger partial charge in [0.15, 0.2) is 0 Å². The van der Waals surface area contributed by atoms with E-state index in [1.54, 1.807) is 18.2 Å². The Labute approximate surface area is 101 Å². The van der Waals surface area contributed by atoms with Gasteiger partial charge in [-0.15, -0.1) is 6.58 Å². The monoisotopic (exact) mass is 206 g/mol. The van der Waals surface area contributed by atoms with E-state index >= 15 is 0 Å². The van der Waals surface area contributed by atoms with Crippen LogP contribution in [0.5, 0.6) is 5.75 Å². The van der Waals surface area contributed by atoms with Gasteiger partial charge in [0.1, 0.15) is 5.75 Å². The minimum atomic E-state index is -1.96. The van der Waals surface area contributed by atoms with E-state index in [9.17, 15) is 4.57 Å². The van der Waals surface area contributed by atoms with Gasteiger partial charge >= 0.3 is 29.6 Å². The van der Waals surface area contributed by atoms with Gasteiger partial charge in [0, 0.05) is 0 Å². The third-order valence-corrected chi connectivity index (χ3v) is 2.37. The molecule has 0 bridgehead atoms. The molecule has 0 aliphatic carbocycles. The Morgan fingerprint density at radius 2 is 2.00 bits per heavy atom. The molecule has 0 amide bonds. The summed E-state index contributed by atoms with van der Waals surface area (Å²) in [6.45, 7) is 3.49. The van der Waals surface area contributed by atoms with Gasteiger partial charge in [-0.1, -0.05) is 24.3 Å². The van der Waals surface area contributed by atoms with Crippen LogP contribution < -0.4 is 4.52 Å². The molecule has 0 fully saturated rings. The summed E-state index contributed by atoms with van der Waals surface area (Å²) in [4.78, 5) is 0. The van der Waals surface area contributed by atoms with Gasteiger partial charge in [-0.05, 0) is 12.1 Å². The molecule has 4 heteroatoms. The molecule has 0 saturated carbocycles. The molecule has 2 nitrogen and oxygen atoms in total. The average Bonchev–Trinajstić information content (AvgIpc) is 2.06. The van der Waals surface area contributed by atoms with Crippen molar-refractivity contribution >= 4 is 37.6 Å². The van der Waals surface area contributed by atoms with E-state index in [2.05, 4.69) is 6.58 Å². The molecule has 1 unspecified atom stereocenters. The Hall–Kier alpha value is -0.0100. The van der Waals surface area contributed by atoms with Crippen molar-refractivity contribution in [1.29, 1.82) is 0 Å². The van der Waals surface area contributed by atoms with E-state index in [-0.39, 0.29) is 29.6 Å². The summed E-state index contributed by atoms with van der Waals surface area (Å²) in [6, 6.07) is 9.14. The summed E-state index contributed by atoms with van der Waals surface area (Å²) in [5, 5.41) is 0. The maximum atomic E-state index is 11.1. The number of allylic oxidation sites excluding steroid dienone is 1. The fourth-order valence-corrected chi connectivity index (χ4v) is 1.50. The van der Waals surface area contributed by atoms with Gasteiger partial charge in [0.05, 0.1) is 6.16 Å². The Balaban J connectivity index is 0.00000144. The molecule has 0 radical (unpaired) electrons. The van der Waals surface area contributed by atoms with Crippen molar-refractivity contribution in [3.05, 3.63) is 43.0 Å². The molecule has 0 spiro atoms. The number of hydrogen-bond acceptors (Lipinski definition) is 2. The topological polar surface area (TPSA) is 26.3 Å². The van der Waals surface area contributed by atoms with Crippen LogP contribution in [0.15, 0.2) is 43.0 Å². The number of benzene rings is 1. The van der Waals surface area contributed by atoms with Crippen molar-refractivity contribution in [2.24, 2.45) is 0 Å². The predicted molar refractivity (Wildman–Crippen MR) is 58.3 cm³/mol. The van der Waals surface area contributed by atoms with Crippen LogP contribution in [-0.2, 0) is 4.57 Å².